The van der Waals surface area contributed by atoms with Crippen LogP contribution in [-0.4, -0.2) is 67.0 Å². The maximum Gasteiger partial charge on any atom is 0.253 e. The van der Waals surface area contributed by atoms with Crippen LogP contribution in [0.1, 0.15) is 15.9 Å². The second-order valence-corrected chi connectivity index (χ2v) is 8.11. The van der Waals surface area contributed by atoms with Gasteiger partial charge in [-0.05, 0) is 41.1 Å². The first-order chi connectivity index (χ1) is 13.2. The van der Waals surface area contributed by atoms with Crippen LogP contribution in [0.4, 0.5) is 0 Å². The molecule has 2 aliphatic rings. The van der Waals surface area contributed by atoms with Crippen LogP contribution in [-0.2, 0) is 6.42 Å². The Morgan fingerprint density at radius 3 is 2.70 bits per heavy atom. The van der Waals surface area contributed by atoms with Gasteiger partial charge >= 0.3 is 0 Å². The van der Waals surface area contributed by atoms with Gasteiger partial charge in [-0.25, -0.2) is 0 Å². The first-order valence-corrected chi connectivity index (χ1v) is 11.0. The number of hydrogen-bond donors (Lipinski definition) is 0. The molecular weight excluding hydrogens is 356 g/mol. The number of hydrogen-bond acceptors (Lipinski definition) is 4. The highest BCUT2D eigenvalue weighted by Crippen LogP contribution is 2.31. The minimum absolute atomic E-state index is 0.138. The minimum Gasteiger partial charge on any atom is -0.493 e. The lowest BCUT2D eigenvalue weighted by atomic mass is 10.0. The maximum absolute atomic E-state index is 13.0. The fourth-order valence-electron chi connectivity index (χ4n) is 3.76. The Kier molecular flexibility index (Phi) is 5.69. The highest BCUT2D eigenvalue weighted by molar-refractivity contribution is 7.98. The van der Waals surface area contributed by atoms with Gasteiger partial charge in [-0.1, -0.05) is 24.3 Å². The summed E-state index contributed by atoms with van der Waals surface area (Å²) in [6.07, 6.45) is 3.12. The second-order valence-electron chi connectivity index (χ2n) is 7.13. The van der Waals surface area contributed by atoms with Gasteiger partial charge in [-0.15, -0.1) is 0 Å². The molecular formula is C22H26N2O2S. The molecule has 2 aliphatic heterocycles. The number of piperazine rings is 1. The molecule has 27 heavy (non-hydrogen) atoms. The van der Waals surface area contributed by atoms with Crippen LogP contribution < -0.4 is 4.74 Å². The van der Waals surface area contributed by atoms with Crippen molar-refractivity contribution in [1.82, 2.24) is 9.80 Å². The third-order valence-corrected chi connectivity index (χ3v) is 6.00. The zero-order valence-corrected chi connectivity index (χ0v) is 16.6. The summed E-state index contributed by atoms with van der Waals surface area (Å²) in [6.45, 7) is 5.43. The summed E-state index contributed by atoms with van der Waals surface area (Å²) in [6, 6.07) is 14.3. The molecule has 0 atom stereocenters. The normalized spacial score (nSPS) is 16.9. The smallest absolute Gasteiger partial charge is 0.253 e. The topological polar surface area (TPSA) is 32.8 Å². The number of carbonyl (C=O) groups is 1. The summed E-state index contributed by atoms with van der Waals surface area (Å²) in [5, 5.41) is 0. The zero-order chi connectivity index (χ0) is 18.6. The first kappa shape index (κ1) is 18.4. The van der Waals surface area contributed by atoms with Crippen molar-refractivity contribution in [3.8, 4) is 16.9 Å². The van der Waals surface area contributed by atoms with Crippen molar-refractivity contribution in [2.75, 3.05) is 51.3 Å². The van der Waals surface area contributed by atoms with E-state index in [2.05, 4.69) is 35.4 Å². The van der Waals surface area contributed by atoms with Crippen LogP contribution in [0, 0.1) is 0 Å². The number of fused-ring (bicyclic) bond motifs is 1. The van der Waals surface area contributed by atoms with Crippen LogP contribution in [0.5, 0.6) is 5.75 Å². The van der Waals surface area contributed by atoms with Crippen molar-refractivity contribution in [1.29, 1.82) is 0 Å². The van der Waals surface area contributed by atoms with E-state index in [1.54, 1.807) is 0 Å². The average Bonchev–Trinajstić information content (AvgIpc) is 3.20. The summed E-state index contributed by atoms with van der Waals surface area (Å²) < 4.78 is 5.69. The molecule has 5 heteroatoms. The second kappa shape index (κ2) is 8.36. The Labute approximate surface area is 165 Å². The van der Waals surface area contributed by atoms with Crippen LogP contribution in [0.3, 0.4) is 0 Å². The van der Waals surface area contributed by atoms with Gasteiger partial charge in [0.2, 0.25) is 0 Å². The molecule has 4 nitrogen and oxygen atoms in total. The monoisotopic (exact) mass is 382 g/mol. The van der Waals surface area contributed by atoms with Gasteiger partial charge in [0.25, 0.3) is 5.91 Å². The minimum atomic E-state index is 0.138. The Bertz CT molecular complexity index is 816. The van der Waals surface area contributed by atoms with E-state index >= 15 is 0 Å². The summed E-state index contributed by atoms with van der Waals surface area (Å²) in [7, 11) is 0. The SMILES string of the molecule is CSCCN1CCN(C(=O)c2cccc(-c3ccc4c(c3)OCC4)c2)CC1. The summed E-state index contributed by atoms with van der Waals surface area (Å²) in [5.41, 5.74) is 4.21. The van der Waals surface area contributed by atoms with Gasteiger partial charge in [0.05, 0.1) is 6.61 Å². The molecule has 0 bridgehead atoms. The Hall–Kier alpha value is -1.98. The van der Waals surface area contributed by atoms with E-state index in [4.69, 9.17) is 4.74 Å². The van der Waals surface area contributed by atoms with Gasteiger partial charge in [0.1, 0.15) is 5.75 Å². The Balaban J connectivity index is 1.45. The third-order valence-electron chi connectivity index (χ3n) is 5.41. The van der Waals surface area contributed by atoms with E-state index in [1.165, 1.54) is 5.56 Å². The first-order valence-electron chi connectivity index (χ1n) is 9.61. The van der Waals surface area contributed by atoms with Crippen molar-refractivity contribution < 1.29 is 9.53 Å². The van der Waals surface area contributed by atoms with Gasteiger partial charge in [-0.3, -0.25) is 9.69 Å². The standard InChI is InChI=1S/C22H26N2O2S/c1-27-14-12-23-8-10-24(11-9-23)22(25)20-4-2-3-18(15-20)19-6-5-17-7-13-26-21(17)16-19/h2-6,15-16H,7-14H2,1H3. The highest BCUT2D eigenvalue weighted by atomic mass is 32.2. The number of carbonyl (C=O) groups excluding carboxylic acids is 1. The van der Waals surface area contributed by atoms with Crippen molar-refractivity contribution in [3.05, 3.63) is 53.6 Å². The zero-order valence-electron chi connectivity index (χ0n) is 15.8. The third kappa shape index (κ3) is 4.14. The molecule has 1 amide bonds. The van der Waals surface area contributed by atoms with Crippen LogP contribution in [0.25, 0.3) is 11.1 Å². The fourth-order valence-corrected chi connectivity index (χ4v) is 4.20. The van der Waals surface area contributed by atoms with Crippen molar-refractivity contribution >= 4 is 17.7 Å². The molecule has 142 valence electrons. The van der Waals surface area contributed by atoms with E-state index in [9.17, 15) is 4.79 Å². The molecule has 0 spiro atoms. The molecule has 2 aromatic rings. The average molecular weight is 383 g/mol. The van der Waals surface area contributed by atoms with Crippen LogP contribution in [0.2, 0.25) is 0 Å². The molecule has 0 saturated carbocycles. The van der Waals surface area contributed by atoms with Crippen LogP contribution in [0.15, 0.2) is 42.5 Å². The molecule has 0 unspecified atom stereocenters. The maximum atomic E-state index is 13.0. The number of rotatable bonds is 5. The van der Waals surface area contributed by atoms with Gasteiger partial charge in [0.15, 0.2) is 0 Å². The van der Waals surface area contributed by atoms with Gasteiger partial charge in [-0.2, -0.15) is 11.8 Å². The largest absolute Gasteiger partial charge is 0.493 e. The molecule has 1 fully saturated rings. The number of amides is 1. The molecule has 1 saturated heterocycles. The lowest BCUT2D eigenvalue weighted by Crippen LogP contribution is -2.49. The van der Waals surface area contributed by atoms with Crippen molar-refractivity contribution in [2.45, 2.75) is 6.42 Å². The summed E-state index contributed by atoms with van der Waals surface area (Å²) in [5.74, 6) is 2.27. The molecule has 0 radical (unpaired) electrons. The molecule has 2 heterocycles. The molecule has 0 aliphatic carbocycles. The Morgan fingerprint density at radius 2 is 1.89 bits per heavy atom. The number of nitrogens with zero attached hydrogens (tertiary/aromatic N) is 2. The molecule has 0 N–H and O–H groups in total. The molecule has 0 aromatic heterocycles. The quantitative estimate of drug-likeness (QED) is 0.793. The van der Waals surface area contributed by atoms with Gasteiger partial charge < -0.3 is 9.64 Å². The lowest BCUT2D eigenvalue weighted by Gasteiger charge is -2.34. The van der Waals surface area contributed by atoms with E-state index < -0.39 is 0 Å². The van der Waals surface area contributed by atoms with Crippen LogP contribution >= 0.6 is 11.8 Å². The predicted octanol–water partition coefficient (Wildman–Crippen LogP) is 3.41. The Morgan fingerprint density at radius 1 is 1.07 bits per heavy atom. The van der Waals surface area contributed by atoms with E-state index in [0.29, 0.717) is 0 Å². The van der Waals surface area contributed by atoms with Gasteiger partial charge in [0, 0.05) is 50.5 Å². The summed E-state index contributed by atoms with van der Waals surface area (Å²) >= 11 is 1.87. The van der Waals surface area contributed by atoms with E-state index in [0.717, 1.165) is 73.9 Å². The van der Waals surface area contributed by atoms with Crippen molar-refractivity contribution in [2.24, 2.45) is 0 Å². The van der Waals surface area contributed by atoms with E-state index in [-0.39, 0.29) is 5.91 Å². The molecule has 2 aromatic carbocycles. The highest BCUT2D eigenvalue weighted by Gasteiger charge is 2.22. The van der Waals surface area contributed by atoms with E-state index in [1.807, 2.05) is 34.9 Å². The lowest BCUT2D eigenvalue weighted by molar-refractivity contribution is 0.0644. The number of benzene rings is 2. The fraction of sp³-hybridized carbons (Fsp3) is 0.409. The number of thioether (sulfide) groups is 1. The molecule has 4 rings (SSSR count). The predicted molar refractivity (Wildman–Crippen MR) is 112 cm³/mol. The number of ether oxygens (including phenoxy) is 1. The summed E-state index contributed by atoms with van der Waals surface area (Å²) in [4.78, 5) is 17.4. The van der Waals surface area contributed by atoms with Crippen molar-refractivity contribution in [3.63, 3.8) is 0 Å².